The molecule has 0 N–H and O–H groups in total. The number of ether oxygens (including phenoxy) is 1. The number of pyridine rings is 1. The van der Waals surface area contributed by atoms with E-state index in [2.05, 4.69) is 23.9 Å². The summed E-state index contributed by atoms with van der Waals surface area (Å²) in [5, 5.41) is 0. The van der Waals surface area contributed by atoms with Crippen LogP contribution in [-0.2, 0) is 11.3 Å². The third-order valence-corrected chi connectivity index (χ3v) is 4.98. The number of rotatable bonds is 8. The van der Waals surface area contributed by atoms with Crippen LogP contribution >= 0.6 is 0 Å². The molecule has 6 heteroatoms. The molecule has 1 atom stereocenters. The second-order valence-corrected chi connectivity index (χ2v) is 7.25. The largest absolute Gasteiger partial charge is 0.377 e. The number of likely N-dealkylation sites (N-methyl/N-ethyl adjacent to an activating group) is 1. The van der Waals surface area contributed by atoms with Gasteiger partial charge in [-0.15, -0.1) is 0 Å². The number of carbonyl (C=O) groups excluding carboxylic acids is 1. The van der Waals surface area contributed by atoms with Crippen molar-refractivity contribution in [3.63, 3.8) is 0 Å². The summed E-state index contributed by atoms with van der Waals surface area (Å²) in [6.07, 6.45) is 6.61. The first-order valence-electron chi connectivity index (χ1n) is 9.61. The van der Waals surface area contributed by atoms with Gasteiger partial charge in [0.25, 0.3) is 5.91 Å². The molecule has 0 bridgehead atoms. The number of hydrogen-bond acceptors (Lipinski definition) is 4. The highest BCUT2D eigenvalue weighted by Crippen LogP contribution is 2.18. The molecule has 142 valence electrons. The molecule has 1 fully saturated rings. The lowest BCUT2D eigenvalue weighted by molar-refractivity contribution is 0.0766. The molecule has 1 aliphatic rings. The van der Waals surface area contributed by atoms with Crippen molar-refractivity contribution in [2.24, 2.45) is 0 Å². The Bertz CT molecular complexity index is 736. The molecular weight excluding hydrogens is 328 g/mol. The van der Waals surface area contributed by atoms with Crippen LogP contribution in [0.25, 0.3) is 5.65 Å². The fourth-order valence-corrected chi connectivity index (χ4v) is 3.50. The minimum absolute atomic E-state index is 0.00247. The van der Waals surface area contributed by atoms with Crippen LogP contribution in [0.1, 0.15) is 48.8 Å². The van der Waals surface area contributed by atoms with Gasteiger partial charge in [-0.2, -0.15) is 0 Å². The molecule has 1 saturated heterocycles. The summed E-state index contributed by atoms with van der Waals surface area (Å²) in [6.45, 7) is 5.30. The Hall–Kier alpha value is -1.92. The molecule has 2 aromatic heterocycles. The second-order valence-electron chi connectivity index (χ2n) is 7.25. The lowest BCUT2D eigenvalue weighted by Crippen LogP contribution is -2.32. The third kappa shape index (κ3) is 4.24. The van der Waals surface area contributed by atoms with Gasteiger partial charge in [0.05, 0.1) is 11.8 Å². The van der Waals surface area contributed by atoms with Gasteiger partial charge < -0.3 is 14.0 Å². The molecule has 0 radical (unpaired) electrons. The van der Waals surface area contributed by atoms with Gasteiger partial charge in [-0.3, -0.25) is 9.69 Å². The third-order valence-electron chi connectivity index (χ3n) is 4.98. The fourth-order valence-electron chi connectivity index (χ4n) is 3.50. The monoisotopic (exact) mass is 358 g/mol. The van der Waals surface area contributed by atoms with E-state index in [0.717, 1.165) is 56.7 Å². The van der Waals surface area contributed by atoms with Crippen LogP contribution in [0.2, 0.25) is 0 Å². The zero-order valence-corrected chi connectivity index (χ0v) is 16.1. The van der Waals surface area contributed by atoms with E-state index in [4.69, 9.17) is 4.74 Å². The van der Waals surface area contributed by atoms with Gasteiger partial charge in [-0.05, 0) is 38.4 Å². The van der Waals surface area contributed by atoms with Crippen LogP contribution in [0.5, 0.6) is 0 Å². The Labute approximate surface area is 155 Å². The van der Waals surface area contributed by atoms with Crippen LogP contribution < -0.4 is 0 Å². The number of fused-ring (bicyclic) bond motifs is 1. The highest BCUT2D eigenvalue weighted by Gasteiger charge is 2.24. The van der Waals surface area contributed by atoms with Crippen molar-refractivity contribution in [1.82, 2.24) is 19.2 Å². The molecule has 1 unspecified atom stereocenters. The van der Waals surface area contributed by atoms with Gasteiger partial charge in [-0.25, -0.2) is 4.98 Å². The van der Waals surface area contributed by atoms with Crippen molar-refractivity contribution >= 4 is 11.6 Å². The molecule has 2 aromatic rings. The summed E-state index contributed by atoms with van der Waals surface area (Å²) in [6, 6.07) is 5.89. The number of amides is 1. The maximum Gasteiger partial charge on any atom is 0.274 e. The van der Waals surface area contributed by atoms with Crippen molar-refractivity contribution in [2.75, 3.05) is 33.8 Å². The predicted molar refractivity (Wildman–Crippen MR) is 102 cm³/mol. The molecule has 26 heavy (non-hydrogen) atoms. The highest BCUT2D eigenvalue weighted by atomic mass is 16.5. The van der Waals surface area contributed by atoms with Crippen LogP contribution in [0, 0.1) is 0 Å². The van der Waals surface area contributed by atoms with Gasteiger partial charge in [-0.1, -0.05) is 19.4 Å². The number of imidazole rings is 1. The van der Waals surface area contributed by atoms with E-state index < -0.39 is 0 Å². The summed E-state index contributed by atoms with van der Waals surface area (Å²) < 4.78 is 7.79. The Morgan fingerprint density at radius 3 is 2.96 bits per heavy atom. The molecule has 0 aromatic carbocycles. The number of aromatic nitrogens is 2. The standard InChI is InChI=1S/C20H30N4O2/c1-4-5-11-23(3)20(25)19-17(24-12-7-6-10-18(24)21-19)15-22(2)14-16-9-8-13-26-16/h6-7,10,12,16H,4-5,8-9,11,13-15H2,1-3H3. The Balaban J connectivity index is 1.83. The van der Waals surface area contributed by atoms with Gasteiger partial charge in [0, 0.05) is 39.5 Å². The molecular formula is C20H30N4O2. The van der Waals surface area contributed by atoms with Crippen molar-refractivity contribution < 1.29 is 9.53 Å². The molecule has 1 aliphatic heterocycles. The first-order chi connectivity index (χ1) is 12.6. The van der Waals surface area contributed by atoms with E-state index in [-0.39, 0.29) is 5.91 Å². The molecule has 1 amide bonds. The number of nitrogens with zero attached hydrogens (tertiary/aromatic N) is 4. The van der Waals surface area contributed by atoms with Crippen molar-refractivity contribution in [2.45, 2.75) is 45.3 Å². The first-order valence-corrected chi connectivity index (χ1v) is 9.61. The first kappa shape index (κ1) is 18.9. The van der Waals surface area contributed by atoms with E-state index in [9.17, 15) is 4.79 Å². The topological polar surface area (TPSA) is 50.1 Å². The molecule has 0 spiro atoms. The zero-order chi connectivity index (χ0) is 18.5. The van der Waals surface area contributed by atoms with E-state index in [1.165, 1.54) is 0 Å². The van der Waals surface area contributed by atoms with E-state index in [1.807, 2.05) is 35.8 Å². The Kier molecular flexibility index (Phi) is 6.27. The SMILES string of the molecule is CCCCN(C)C(=O)c1nc2ccccn2c1CN(C)CC1CCCO1. The summed E-state index contributed by atoms with van der Waals surface area (Å²) >= 11 is 0. The lowest BCUT2D eigenvalue weighted by Gasteiger charge is -2.21. The van der Waals surface area contributed by atoms with Gasteiger partial charge in [0.15, 0.2) is 5.69 Å². The van der Waals surface area contributed by atoms with E-state index in [1.54, 1.807) is 4.90 Å². The fraction of sp³-hybridized carbons (Fsp3) is 0.600. The van der Waals surface area contributed by atoms with Crippen LogP contribution in [0.15, 0.2) is 24.4 Å². The molecule has 0 saturated carbocycles. The number of unbranched alkanes of at least 4 members (excludes halogenated alkanes) is 1. The summed E-state index contributed by atoms with van der Waals surface area (Å²) in [4.78, 5) is 21.6. The second kappa shape index (κ2) is 8.64. The average molecular weight is 358 g/mol. The Morgan fingerprint density at radius 2 is 2.23 bits per heavy atom. The predicted octanol–water partition coefficient (Wildman–Crippen LogP) is 2.82. The minimum Gasteiger partial charge on any atom is -0.377 e. The summed E-state index contributed by atoms with van der Waals surface area (Å²) in [5.74, 6) is 0.00247. The van der Waals surface area contributed by atoms with Crippen LogP contribution in [0.4, 0.5) is 0 Å². The maximum atomic E-state index is 13.0. The van der Waals surface area contributed by atoms with Gasteiger partial charge in [0.2, 0.25) is 0 Å². The quantitative estimate of drug-likeness (QED) is 0.728. The van der Waals surface area contributed by atoms with E-state index in [0.29, 0.717) is 18.3 Å². The summed E-state index contributed by atoms with van der Waals surface area (Å²) in [7, 11) is 3.95. The van der Waals surface area contributed by atoms with Crippen LogP contribution in [-0.4, -0.2) is 65.0 Å². The van der Waals surface area contributed by atoms with E-state index >= 15 is 0 Å². The normalized spacial score (nSPS) is 17.3. The summed E-state index contributed by atoms with van der Waals surface area (Å²) in [5.41, 5.74) is 2.34. The van der Waals surface area contributed by atoms with Gasteiger partial charge in [0.1, 0.15) is 5.65 Å². The number of hydrogen-bond donors (Lipinski definition) is 0. The lowest BCUT2D eigenvalue weighted by atomic mass is 10.2. The number of carbonyl (C=O) groups is 1. The molecule has 0 aliphatic carbocycles. The molecule has 3 rings (SSSR count). The minimum atomic E-state index is 0.00247. The Morgan fingerprint density at radius 1 is 1.38 bits per heavy atom. The van der Waals surface area contributed by atoms with Crippen LogP contribution in [0.3, 0.4) is 0 Å². The zero-order valence-electron chi connectivity index (χ0n) is 16.1. The van der Waals surface area contributed by atoms with Crippen molar-refractivity contribution in [1.29, 1.82) is 0 Å². The average Bonchev–Trinajstić information content (AvgIpc) is 3.27. The highest BCUT2D eigenvalue weighted by molar-refractivity contribution is 5.94. The van der Waals surface area contributed by atoms with Gasteiger partial charge >= 0.3 is 0 Å². The van der Waals surface area contributed by atoms with Crippen molar-refractivity contribution in [3.8, 4) is 0 Å². The smallest absolute Gasteiger partial charge is 0.274 e. The molecule has 3 heterocycles. The molecule has 6 nitrogen and oxygen atoms in total. The maximum absolute atomic E-state index is 13.0. The van der Waals surface area contributed by atoms with Crippen molar-refractivity contribution in [3.05, 3.63) is 35.8 Å².